The molecule has 0 radical (unpaired) electrons. The number of carbonyl (C=O) groups is 1. The smallest absolute Gasteiger partial charge is 0.322 e. The quantitative estimate of drug-likeness (QED) is 0.605. The van der Waals surface area contributed by atoms with Gasteiger partial charge in [-0.2, -0.15) is 31.4 Å². The SMILES string of the molecule is O=C(Nc1ccnc(C(F)(F)F)c1)c1cnn(Cc2cccc(F)c2)c1C(F)(F)F. The van der Waals surface area contributed by atoms with Crippen molar-refractivity contribution < 1.29 is 35.5 Å². The standard InChI is InChI=1S/C18H11F7N4O/c19-11-3-1-2-10(6-11)9-29-15(18(23,24)25)13(8-27-29)16(30)28-12-4-5-26-14(7-12)17(20,21)22/h1-8H,9H2,(H,26,28,30). The predicted molar refractivity (Wildman–Crippen MR) is 89.9 cm³/mol. The van der Waals surface area contributed by atoms with Crippen molar-refractivity contribution >= 4 is 11.6 Å². The lowest BCUT2D eigenvalue weighted by Gasteiger charge is -2.13. The molecule has 30 heavy (non-hydrogen) atoms. The lowest BCUT2D eigenvalue weighted by atomic mass is 10.2. The van der Waals surface area contributed by atoms with Crippen molar-refractivity contribution in [2.45, 2.75) is 18.9 Å². The molecule has 12 heteroatoms. The first-order valence-corrected chi connectivity index (χ1v) is 8.17. The first kappa shape index (κ1) is 21.3. The second kappa shape index (κ2) is 7.76. The Labute approximate surface area is 164 Å². The number of hydrogen-bond donors (Lipinski definition) is 1. The molecule has 3 aromatic rings. The summed E-state index contributed by atoms with van der Waals surface area (Å²) in [6.07, 6.45) is -8.40. The van der Waals surface area contributed by atoms with E-state index in [0.717, 1.165) is 24.4 Å². The summed E-state index contributed by atoms with van der Waals surface area (Å²) in [6.45, 7) is -0.479. The number of rotatable bonds is 4. The molecule has 3 rings (SSSR count). The fourth-order valence-corrected chi connectivity index (χ4v) is 2.64. The summed E-state index contributed by atoms with van der Waals surface area (Å²) in [7, 11) is 0. The zero-order valence-electron chi connectivity index (χ0n) is 14.7. The maximum atomic E-state index is 13.6. The molecular weight excluding hydrogens is 421 g/mol. The Morgan fingerprint density at radius 2 is 1.77 bits per heavy atom. The molecule has 2 aromatic heterocycles. The molecule has 0 spiro atoms. The third-order valence-corrected chi connectivity index (χ3v) is 3.88. The van der Waals surface area contributed by atoms with Gasteiger partial charge in [-0.25, -0.2) is 4.39 Å². The third-order valence-electron chi connectivity index (χ3n) is 3.88. The van der Waals surface area contributed by atoms with Gasteiger partial charge in [0.25, 0.3) is 5.91 Å². The Kier molecular flexibility index (Phi) is 5.51. The Bertz CT molecular complexity index is 1070. The molecular formula is C18H11F7N4O. The molecule has 0 aliphatic rings. The normalized spacial score (nSPS) is 12.1. The van der Waals surface area contributed by atoms with Crippen LogP contribution in [0.4, 0.5) is 36.4 Å². The van der Waals surface area contributed by atoms with Crippen molar-refractivity contribution in [2.24, 2.45) is 0 Å². The fourth-order valence-electron chi connectivity index (χ4n) is 2.64. The Hall–Kier alpha value is -3.44. The molecule has 1 amide bonds. The first-order valence-electron chi connectivity index (χ1n) is 8.17. The number of benzene rings is 1. The molecule has 0 unspecified atom stereocenters. The number of amides is 1. The maximum Gasteiger partial charge on any atom is 0.433 e. The van der Waals surface area contributed by atoms with Crippen molar-refractivity contribution in [3.8, 4) is 0 Å². The number of pyridine rings is 1. The van der Waals surface area contributed by atoms with Gasteiger partial charge in [0.15, 0.2) is 5.69 Å². The molecule has 0 saturated heterocycles. The summed E-state index contributed by atoms with van der Waals surface area (Å²) in [5, 5.41) is 5.53. The topological polar surface area (TPSA) is 59.8 Å². The fraction of sp³-hybridized carbons (Fsp3) is 0.167. The molecule has 0 bridgehead atoms. The zero-order valence-corrected chi connectivity index (χ0v) is 14.7. The highest BCUT2D eigenvalue weighted by Gasteiger charge is 2.40. The summed E-state index contributed by atoms with van der Waals surface area (Å²) >= 11 is 0. The first-order chi connectivity index (χ1) is 13.9. The summed E-state index contributed by atoms with van der Waals surface area (Å²) in [5.74, 6) is -1.98. The molecule has 0 aliphatic heterocycles. The van der Waals surface area contributed by atoms with Gasteiger partial charge in [-0.1, -0.05) is 12.1 Å². The van der Waals surface area contributed by atoms with Gasteiger partial charge in [0.1, 0.15) is 11.5 Å². The van der Waals surface area contributed by atoms with E-state index < -0.39 is 53.3 Å². The van der Waals surface area contributed by atoms with Crippen LogP contribution in [0.25, 0.3) is 0 Å². The van der Waals surface area contributed by atoms with E-state index in [1.165, 1.54) is 12.1 Å². The second-order valence-corrected chi connectivity index (χ2v) is 6.07. The van der Waals surface area contributed by atoms with Crippen LogP contribution < -0.4 is 5.32 Å². The number of alkyl halides is 6. The minimum absolute atomic E-state index is 0.166. The van der Waals surface area contributed by atoms with Gasteiger partial charge in [-0.15, -0.1) is 0 Å². The largest absolute Gasteiger partial charge is 0.433 e. The number of nitrogens with zero attached hydrogens (tertiary/aromatic N) is 3. The Morgan fingerprint density at radius 3 is 2.40 bits per heavy atom. The molecule has 0 atom stereocenters. The lowest BCUT2D eigenvalue weighted by Crippen LogP contribution is -2.22. The van der Waals surface area contributed by atoms with Crippen LogP contribution in [0.15, 0.2) is 48.8 Å². The van der Waals surface area contributed by atoms with Gasteiger partial charge < -0.3 is 5.32 Å². The summed E-state index contributed by atoms with van der Waals surface area (Å²) in [4.78, 5) is 15.4. The molecule has 0 aliphatic carbocycles. The van der Waals surface area contributed by atoms with Gasteiger partial charge in [0.05, 0.1) is 18.3 Å². The average Bonchev–Trinajstić information content (AvgIpc) is 3.05. The molecule has 1 N–H and O–H groups in total. The molecule has 5 nitrogen and oxygen atoms in total. The third kappa shape index (κ3) is 4.75. The number of anilines is 1. The van der Waals surface area contributed by atoms with Crippen LogP contribution in [0.1, 0.15) is 27.3 Å². The van der Waals surface area contributed by atoms with Crippen LogP contribution in [0, 0.1) is 5.82 Å². The summed E-state index contributed by atoms with van der Waals surface area (Å²) < 4.78 is 92.6. The van der Waals surface area contributed by atoms with Crippen molar-refractivity contribution in [2.75, 3.05) is 5.32 Å². The van der Waals surface area contributed by atoms with E-state index in [0.29, 0.717) is 16.9 Å². The van der Waals surface area contributed by atoms with Crippen LogP contribution in [0.5, 0.6) is 0 Å². The van der Waals surface area contributed by atoms with Crippen LogP contribution >= 0.6 is 0 Å². The highest BCUT2D eigenvalue weighted by Crippen LogP contribution is 2.33. The predicted octanol–water partition coefficient (Wildman–Crippen LogP) is 4.76. The molecule has 158 valence electrons. The number of carbonyl (C=O) groups excluding carboxylic acids is 1. The van der Waals surface area contributed by atoms with E-state index in [1.54, 1.807) is 0 Å². The van der Waals surface area contributed by atoms with Gasteiger partial charge in [-0.05, 0) is 29.8 Å². The highest BCUT2D eigenvalue weighted by molar-refractivity contribution is 6.05. The van der Waals surface area contributed by atoms with E-state index in [-0.39, 0.29) is 5.56 Å². The molecule has 2 heterocycles. The summed E-state index contributed by atoms with van der Waals surface area (Å²) in [5.41, 5.74) is -3.87. The van der Waals surface area contributed by atoms with Crippen molar-refractivity contribution in [3.63, 3.8) is 0 Å². The van der Waals surface area contributed by atoms with Crippen molar-refractivity contribution in [3.05, 3.63) is 77.1 Å². The minimum Gasteiger partial charge on any atom is -0.322 e. The average molecular weight is 432 g/mol. The van der Waals surface area contributed by atoms with Gasteiger partial charge in [0.2, 0.25) is 0 Å². The minimum atomic E-state index is -5.01. The summed E-state index contributed by atoms with van der Waals surface area (Å²) in [6, 6.07) is 6.29. The van der Waals surface area contributed by atoms with Crippen molar-refractivity contribution in [1.82, 2.24) is 14.8 Å². The molecule has 0 saturated carbocycles. The van der Waals surface area contributed by atoms with E-state index in [2.05, 4.69) is 10.1 Å². The van der Waals surface area contributed by atoms with Crippen LogP contribution in [-0.2, 0) is 18.9 Å². The molecule has 1 aromatic carbocycles. The van der Waals surface area contributed by atoms with E-state index in [1.807, 2.05) is 5.32 Å². The van der Waals surface area contributed by atoms with E-state index >= 15 is 0 Å². The van der Waals surface area contributed by atoms with E-state index in [4.69, 9.17) is 0 Å². The van der Waals surface area contributed by atoms with Crippen LogP contribution in [0.2, 0.25) is 0 Å². The zero-order chi connectivity index (χ0) is 22.1. The number of nitrogens with one attached hydrogen (secondary N) is 1. The number of aromatic nitrogens is 3. The van der Waals surface area contributed by atoms with Crippen LogP contribution in [0.3, 0.4) is 0 Å². The molecule has 0 fully saturated rings. The Balaban J connectivity index is 1.92. The van der Waals surface area contributed by atoms with Crippen LogP contribution in [-0.4, -0.2) is 20.7 Å². The second-order valence-electron chi connectivity index (χ2n) is 6.07. The highest BCUT2D eigenvalue weighted by atomic mass is 19.4. The monoisotopic (exact) mass is 432 g/mol. The van der Waals surface area contributed by atoms with Gasteiger partial charge >= 0.3 is 12.4 Å². The maximum absolute atomic E-state index is 13.6. The van der Waals surface area contributed by atoms with Crippen molar-refractivity contribution in [1.29, 1.82) is 0 Å². The number of halogens is 7. The Morgan fingerprint density at radius 1 is 1.03 bits per heavy atom. The number of hydrogen-bond acceptors (Lipinski definition) is 3. The van der Waals surface area contributed by atoms with Gasteiger partial charge in [-0.3, -0.25) is 14.5 Å². The lowest BCUT2D eigenvalue weighted by molar-refractivity contribution is -0.144. The van der Waals surface area contributed by atoms with Gasteiger partial charge in [0, 0.05) is 11.9 Å². The van der Waals surface area contributed by atoms with E-state index in [9.17, 15) is 35.5 Å².